The normalized spacial score (nSPS) is 15.8. The van der Waals surface area contributed by atoms with Gasteiger partial charge in [-0.2, -0.15) is 0 Å². The molecule has 0 atom stereocenters. The van der Waals surface area contributed by atoms with Gasteiger partial charge in [-0.15, -0.1) is 0 Å². The molecule has 0 aliphatic heterocycles. The van der Waals surface area contributed by atoms with Crippen molar-refractivity contribution < 1.29 is 49.5 Å². The summed E-state index contributed by atoms with van der Waals surface area (Å²) in [5.74, 6) is 0. The maximum absolute atomic E-state index is 3.64. The molecule has 2 aliphatic carbocycles. The number of hydrogen-bond acceptors (Lipinski definition) is 0. The number of aromatic nitrogens is 1. The number of aryl methyl sites for hydroxylation is 1. The number of para-hydroxylation sites is 1. The van der Waals surface area contributed by atoms with E-state index in [1.165, 1.54) is 65.8 Å². The van der Waals surface area contributed by atoms with Crippen LogP contribution in [0.2, 0.25) is 0 Å². The van der Waals surface area contributed by atoms with E-state index in [1.54, 1.807) is 0 Å². The van der Waals surface area contributed by atoms with Crippen LogP contribution < -0.4 is 24.8 Å². The van der Waals surface area contributed by atoms with Gasteiger partial charge in [0.1, 0.15) is 0 Å². The zero-order valence-corrected chi connectivity index (χ0v) is 16.8. The molecule has 0 amide bonds. The van der Waals surface area contributed by atoms with Gasteiger partial charge in [-0.3, -0.25) is 0 Å². The second-order valence-corrected chi connectivity index (χ2v) is 7.27. The minimum Gasteiger partial charge on any atom is -1.00 e. The SMILES string of the molecule is Cn1c2c(c3ccccc31)[C]([Zr+2])=C1CC(Br)=CC=C12.[Cl-].[Cl-]. The first-order valence-electron chi connectivity index (χ1n) is 6.28. The third-order valence-corrected chi connectivity index (χ3v) is 5.92. The molecular formula is C16H11BrCl2NZr. The molecule has 0 radical (unpaired) electrons. The van der Waals surface area contributed by atoms with E-state index in [2.05, 4.69) is 64.0 Å². The van der Waals surface area contributed by atoms with E-state index < -0.39 is 0 Å². The van der Waals surface area contributed by atoms with Gasteiger partial charge in [0.2, 0.25) is 0 Å². The summed E-state index contributed by atoms with van der Waals surface area (Å²) in [5.41, 5.74) is 7.14. The summed E-state index contributed by atoms with van der Waals surface area (Å²) in [7, 11) is 2.18. The first-order chi connectivity index (χ1) is 9.18. The molecule has 0 N–H and O–H groups in total. The fourth-order valence-electron chi connectivity index (χ4n) is 3.15. The summed E-state index contributed by atoms with van der Waals surface area (Å²) in [6.45, 7) is 0. The van der Waals surface area contributed by atoms with Crippen LogP contribution in [0, 0.1) is 0 Å². The molecule has 1 aromatic heterocycles. The summed E-state index contributed by atoms with van der Waals surface area (Å²) in [6.07, 6.45) is 5.49. The molecule has 1 aromatic carbocycles. The van der Waals surface area contributed by atoms with Gasteiger partial charge >= 0.3 is 136 Å². The van der Waals surface area contributed by atoms with Crippen LogP contribution >= 0.6 is 15.9 Å². The molecular weight excluding hydrogens is 448 g/mol. The quantitative estimate of drug-likeness (QED) is 0.454. The van der Waals surface area contributed by atoms with Crippen LogP contribution in [-0.4, -0.2) is 4.57 Å². The van der Waals surface area contributed by atoms with E-state index in [1.807, 2.05) is 0 Å². The second-order valence-electron chi connectivity index (χ2n) is 5.02. The van der Waals surface area contributed by atoms with E-state index in [0.29, 0.717) is 0 Å². The van der Waals surface area contributed by atoms with Crippen LogP contribution in [0.4, 0.5) is 0 Å². The molecule has 105 valence electrons. The van der Waals surface area contributed by atoms with Gasteiger partial charge in [0.15, 0.2) is 0 Å². The predicted octanol–water partition coefficient (Wildman–Crippen LogP) is -1.48. The van der Waals surface area contributed by atoms with E-state index >= 15 is 0 Å². The van der Waals surface area contributed by atoms with Crippen molar-refractivity contribution in [3.8, 4) is 0 Å². The van der Waals surface area contributed by atoms with Crippen LogP contribution in [-0.2, 0) is 31.8 Å². The van der Waals surface area contributed by atoms with Crippen molar-refractivity contribution in [1.82, 2.24) is 4.57 Å². The summed E-state index contributed by atoms with van der Waals surface area (Å²) < 4.78 is 5.15. The van der Waals surface area contributed by atoms with Gasteiger partial charge < -0.3 is 24.8 Å². The van der Waals surface area contributed by atoms with Crippen LogP contribution in [0.25, 0.3) is 19.8 Å². The van der Waals surface area contributed by atoms with Crippen molar-refractivity contribution in [3.05, 3.63) is 57.7 Å². The number of benzene rings is 1. The Bertz CT molecular complexity index is 830. The molecule has 0 fully saturated rings. The standard InChI is InChI=1S/C16H11BrN.2ClH.Zr/c1-18-15-5-3-2-4-13(15)14-9-10-8-11(17)6-7-12(10)16(14)18;;;/h2-7H,8H2,1H3;2*1H;/q;;;+2/p-2. The fourth-order valence-corrected chi connectivity index (χ4v) is 4.74. The van der Waals surface area contributed by atoms with Crippen molar-refractivity contribution in [2.75, 3.05) is 0 Å². The second kappa shape index (κ2) is 6.20. The Kier molecular flexibility index (Phi) is 5.10. The molecule has 21 heavy (non-hydrogen) atoms. The Hall–Kier alpha value is -0.0769. The van der Waals surface area contributed by atoms with Gasteiger partial charge in [0.25, 0.3) is 0 Å². The van der Waals surface area contributed by atoms with Gasteiger partial charge in [-0.25, -0.2) is 0 Å². The van der Waals surface area contributed by atoms with Crippen LogP contribution in [0.5, 0.6) is 0 Å². The van der Waals surface area contributed by atoms with Crippen molar-refractivity contribution in [2.45, 2.75) is 6.42 Å². The fraction of sp³-hybridized carbons (Fsp3) is 0.125. The Morgan fingerprint density at radius 2 is 1.86 bits per heavy atom. The number of fused-ring (bicyclic) bond motifs is 5. The average molecular weight is 459 g/mol. The zero-order valence-electron chi connectivity index (χ0n) is 11.3. The number of nitrogens with zero attached hydrogens (tertiary/aromatic N) is 1. The van der Waals surface area contributed by atoms with E-state index in [9.17, 15) is 0 Å². The summed E-state index contributed by atoms with van der Waals surface area (Å²) in [6, 6.07) is 8.72. The summed E-state index contributed by atoms with van der Waals surface area (Å²) in [4.78, 5) is 0. The van der Waals surface area contributed by atoms with Gasteiger partial charge in [-0.05, 0) is 0 Å². The number of allylic oxidation sites excluding steroid dienone is 5. The molecule has 0 bridgehead atoms. The van der Waals surface area contributed by atoms with E-state index in [-0.39, 0.29) is 24.8 Å². The van der Waals surface area contributed by atoms with Gasteiger partial charge in [0, 0.05) is 0 Å². The zero-order chi connectivity index (χ0) is 13.1. The molecule has 1 nitrogen and oxygen atoms in total. The molecule has 0 saturated heterocycles. The van der Waals surface area contributed by atoms with E-state index in [4.69, 9.17) is 0 Å². The number of hydrogen-bond donors (Lipinski definition) is 0. The Balaban J connectivity index is 0.000000807. The third kappa shape index (κ3) is 2.37. The molecule has 0 saturated carbocycles. The minimum atomic E-state index is 0. The topological polar surface area (TPSA) is 4.93 Å². The molecule has 0 unspecified atom stereocenters. The van der Waals surface area contributed by atoms with E-state index in [0.717, 1.165) is 6.42 Å². The Labute approximate surface area is 160 Å². The van der Waals surface area contributed by atoms with Crippen LogP contribution in [0.15, 0.2) is 46.5 Å². The summed E-state index contributed by atoms with van der Waals surface area (Å²) >= 11 is 5.15. The maximum Gasteiger partial charge on any atom is -1.00 e. The van der Waals surface area contributed by atoms with Crippen molar-refractivity contribution in [1.29, 1.82) is 0 Å². The van der Waals surface area contributed by atoms with Crippen LogP contribution in [0.1, 0.15) is 17.7 Å². The maximum atomic E-state index is 3.64. The molecule has 2 aromatic rings. The first kappa shape index (κ1) is 17.3. The van der Waals surface area contributed by atoms with Gasteiger partial charge in [0.05, 0.1) is 0 Å². The van der Waals surface area contributed by atoms with Crippen molar-refractivity contribution in [2.24, 2.45) is 7.05 Å². The molecule has 0 spiro atoms. The molecule has 1 heterocycles. The Morgan fingerprint density at radius 3 is 2.62 bits per heavy atom. The Morgan fingerprint density at radius 1 is 1.14 bits per heavy atom. The smallest absolute Gasteiger partial charge is 1.00 e. The largest absolute Gasteiger partial charge is 1.00 e. The predicted molar refractivity (Wildman–Crippen MR) is 79.4 cm³/mol. The number of halogens is 3. The number of rotatable bonds is 0. The van der Waals surface area contributed by atoms with Crippen molar-refractivity contribution in [3.63, 3.8) is 0 Å². The molecule has 4 rings (SSSR count). The monoisotopic (exact) mass is 456 g/mol. The molecule has 5 heteroatoms. The first-order valence-corrected chi connectivity index (χ1v) is 8.30. The third-order valence-electron chi connectivity index (χ3n) is 4.02. The average Bonchev–Trinajstić information content (AvgIpc) is 2.87. The van der Waals surface area contributed by atoms with Gasteiger partial charge in [-0.1, -0.05) is 0 Å². The van der Waals surface area contributed by atoms with Crippen molar-refractivity contribution >= 4 is 35.7 Å². The van der Waals surface area contributed by atoms with Crippen LogP contribution in [0.3, 0.4) is 0 Å². The summed E-state index contributed by atoms with van der Waals surface area (Å²) in [5, 5.41) is 1.39. The molecule has 2 aliphatic rings. The minimum absolute atomic E-state index is 0.